The van der Waals surface area contributed by atoms with Crippen LogP contribution >= 0.6 is 0 Å². The van der Waals surface area contributed by atoms with Crippen LogP contribution in [0.5, 0.6) is 0 Å². The standard InChI is InChI=1S/C33H40N6.C5H11NO.C4H9NO.2CH4O/c1-34-18-29(35-20-31-25-12-14-27(16-25)38(31)2)23-8-4-21(5-9-23)22-6-10-24(11-7-22)30-19-36-33(37-30)32-26-13-15-28(17-26)39(32)3;1-4(2)5(6)3-7;1-4(2,5)3-6;2*1-2/h4-11,18-19,25-28,31-32,35H,1,12-17,20H2,2-3H3,(H,36,37);3-5H,6H2,1-2H3;3H,5H2,1-2H3;2*2H,1H3/b29-18-;;;;. The van der Waals surface area contributed by atoms with E-state index in [0.29, 0.717) is 18.4 Å². The molecule has 7 rings (SSSR count). The fourth-order valence-corrected chi connectivity index (χ4v) is 8.25. The third-order valence-electron chi connectivity index (χ3n) is 11.5. The van der Waals surface area contributed by atoms with Crippen molar-refractivity contribution in [2.24, 2.45) is 34.2 Å². The van der Waals surface area contributed by atoms with Crippen LogP contribution < -0.4 is 16.8 Å². The number of carbonyl (C=O) groups excluding carboxylic acids is 2. The number of aliphatic hydroxyl groups is 2. The molecule has 1 aromatic heterocycles. The zero-order valence-electron chi connectivity index (χ0n) is 34.9. The predicted octanol–water partition coefficient (Wildman–Crippen LogP) is 5.28. The minimum Gasteiger partial charge on any atom is -0.400 e. The van der Waals surface area contributed by atoms with Gasteiger partial charge in [0.2, 0.25) is 0 Å². The molecular formula is C44H68N8O4. The molecule has 8 N–H and O–H groups in total. The molecule has 2 saturated heterocycles. The van der Waals surface area contributed by atoms with Gasteiger partial charge in [0.25, 0.3) is 0 Å². The van der Waals surface area contributed by atoms with Crippen LogP contribution in [0.1, 0.15) is 83.6 Å². The van der Waals surface area contributed by atoms with Gasteiger partial charge in [0.05, 0.1) is 35.2 Å². The van der Waals surface area contributed by atoms with Crippen LogP contribution in [0, 0.1) is 17.8 Å². The van der Waals surface area contributed by atoms with E-state index >= 15 is 0 Å². The Bertz CT molecular complexity index is 1660. The van der Waals surface area contributed by atoms with Crippen molar-refractivity contribution in [3.63, 3.8) is 0 Å². The number of aldehydes is 2. The number of likely N-dealkylation sites (N-methyl/N-ethyl adjacent to an activating group) is 1. The summed E-state index contributed by atoms with van der Waals surface area (Å²) >= 11 is 0. The molecule has 56 heavy (non-hydrogen) atoms. The van der Waals surface area contributed by atoms with Gasteiger partial charge in [0.1, 0.15) is 18.4 Å². The zero-order valence-corrected chi connectivity index (χ0v) is 34.9. The summed E-state index contributed by atoms with van der Waals surface area (Å²) in [5.41, 5.74) is 16.7. The Morgan fingerprint density at radius 1 is 0.929 bits per heavy atom. The summed E-state index contributed by atoms with van der Waals surface area (Å²) in [5, 5.41) is 17.7. The van der Waals surface area contributed by atoms with Crippen molar-refractivity contribution in [1.82, 2.24) is 25.1 Å². The lowest BCUT2D eigenvalue weighted by Crippen LogP contribution is -2.43. The number of piperidine rings is 2. The Hall–Kier alpha value is -4.04. The highest BCUT2D eigenvalue weighted by molar-refractivity contribution is 5.72. The summed E-state index contributed by atoms with van der Waals surface area (Å²) in [6.45, 7) is 11.8. The molecule has 7 unspecified atom stereocenters. The minimum absolute atomic E-state index is 0.275. The number of hydrogen-bond acceptors (Lipinski definition) is 11. The fraction of sp³-hybridized carbons (Fsp3) is 0.545. The summed E-state index contributed by atoms with van der Waals surface area (Å²) in [4.78, 5) is 37.2. The van der Waals surface area contributed by atoms with E-state index < -0.39 is 5.54 Å². The number of H-pyrrole nitrogens is 1. The van der Waals surface area contributed by atoms with Gasteiger partial charge in [0, 0.05) is 45.1 Å². The van der Waals surface area contributed by atoms with Crippen LogP contribution in [-0.2, 0) is 9.59 Å². The number of aromatic nitrogens is 2. The first-order valence-corrected chi connectivity index (χ1v) is 19.8. The smallest absolute Gasteiger partial charge is 0.139 e. The van der Waals surface area contributed by atoms with Crippen LogP contribution in [0.15, 0.2) is 65.9 Å². The number of aliphatic imine (C=N–C) groups is 1. The summed E-state index contributed by atoms with van der Waals surface area (Å²) in [7, 11) is 6.55. The molecule has 308 valence electrons. The molecule has 0 radical (unpaired) electrons. The van der Waals surface area contributed by atoms with Crippen molar-refractivity contribution in [2.45, 2.75) is 102 Å². The molecule has 2 aliphatic carbocycles. The summed E-state index contributed by atoms with van der Waals surface area (Å²) < 4.78 is 0. The van der Waals surface area contributed by atoms with Gasteiger partial charge in [-0.05, 0) is 113 Å². The number of likely N-dealkylation sites (tertiary alicyclic amines) is 2. The van der Waals surface area contributed by atoms with Crippen molar-refractivity contribution in [3.05, 3.63) is 72.3 Å². The van der Waals surface area contributed by atoms with Gasteiger partial charge in [0.15, 0.2) is 0 Å². The van der Waals surface area contributed by atoms with Crippen LogP contribution in [-0.4, -0.2) is 114 Å². The monoisotopic (exact) mass is 773 g/mol. The summed E-state index contributed by atoms with van der Waals surface area (Å²) in [5.74, 6) is 2.97. The lowest BCUT2D eigenvalue weighted by Gasteiger charge is -2.32. The second-order valence-electron chi connectivity index (χ2n) is 16.1. The normalized spacial score (nSPS) is 24.3. The third-order valence-corrected chi connectivity index (χ3v) is 11.5. The number of fused-ring (bicyclic) bond motifs is 4. The van der Waals surface area contributed by atoms with Crippen LogP contribution in [0.4, 0.5) is 0 Å². The van der Waals surface area contributed by atoms with Crippen molar-refractivity contribution in [1.29, 1.82) is 0 Å². The Labute approximate surface area is 334 Å². The number of carbonyl (C=O) groups is 2. The summed E-state index contributed by atoms with van der Waals surface area (Å²) in [6, 6.07) is 19.9. The maximum atomic E-state index is 9.82. The number of rotatable bonds is 11. The molecule has 0 spiro atoms. The number of imidazole rings is 1. The highest BCUT2D eigenvalue weighted by Crippen LogP contribution is 2.48. The number of aliphatic hydroxyl groups excluding tert-OH is 2. The molecule has 2 aliphatic heterocycles. The van der Waals surface area contributed by atoms with Gasteiger partial charge in [-0.25, -0.2) is 4.98 Å². The van der Waals surface area contributed by atoms with Gasteiger partial charge in [-0.2, -0.15) is 0 Å². The van der Waals surface area contributed by atoms with E-state index in [1.807, 2.05) is 26.2 Å². The molecule has 3 heterocycles. The predicted molar refractivity (Wildman–Crippen MR) is 229 cm³/mol. The molecule has 7 atom stereocenters. The molecule has 2 saturated carbocycles. The second kappa shape index (κ2) is 22.0. The molecule has 12 heteroatoms. The van der Waals surface area contributed by atoms with Gasteiger partial charge < -0.3 is 41.6 Å². The SMILES string of the molecule is C=N/C=C(\NCC1C2CCC(C2)N1C)c1ccc(-c2ccc(-c3cnc(C4C5CCC(C5)N4C)[nH]3)cc2)cc1.CC(C)(N)C=O.CC(C)C(N)C=O.CO.CO. The highest BCUT2D eigenvalue weighted by Gasteiger charge is 2.46. The van der Waals surface area contributed by atoms with Gasteiger partial charge in [-0.3, -0.25) is 14.8 Å². The van der Waals surface area contributed by atoms with Crippen LogP contribution in [0.2, 0.25) is 0 Å². The van der Waals surface area contributed by atoms with E-state index in [-0.39, 0.29) is 12.0 Å². The number of nitrogens with two attached hydrogens (primary N) is 2. The van der Waals surface area contributed by atoms with E-state index in [0.717, 1.165) is 73.7 Å². The van der Waals surface area contributed by atoms with Crippen molar-refractivity contribution in [2.75, 3.05) is 34.9 Å². The van der Waals surface area contributed by atoms with E-state index in [2.05, 4.69) is 94.4 Å². The molecule has 0 amide bonds. The van der Waals surface area contributed by atoms with Crippen LogP contribution in [0.25, 0.3) is 28.1 Å². The lowest BCUT2D eigenvalue weighted by molar-refractivity contribution is -0.111. The largest absolute Gasteiger partial charge is 0.400 e. The van der Waals surface area contributed by atoms with E-state index in [1.165, 1.54) is 55.2 Å². The van der Waals surface area contributed by atoms with E-state index in [1.54, 1.807) is 13.8 Å². The number of hydrogen-bond donors (Lipinski definition) is 6. The molecular weight excluding hydrogens is 705 g/mol. The molecule has 4 fully saturated rings. The molecule has 2 aromatic carbocycles. The Balaban J connectivity index is 0.000000421. The lowest BCUT2D eigenvalue weighted by atomic mass is 9.98. The van der Waals surface area contributed by atoms with Crippen molar-refractivity contribution in [3.8, 4) is 22.4 Å². The zero-order chi connectivity index (χ0) is 41.6. The van der Waals surface area contributed by atoms with E-state index in [4.69, 9.17) is 26.7 Å². The van der Waals surface area contributed by atoms with Crippen molar-refractivity contribution < 1.29 is 19.8 Å². The Morgan fingerprint density at radius 3 is 1.89 bits per heavy atom. The molecule has 4 aliphatic rings. The van der Waals surface area contributed by atoms with Crippen molar-refractivity contribution >= 4 is 25.0 Å². The van der Waals surface area contributed by atoms with Gasteiger partial charge >= 0.3 is 0 Å². The number of benzene rings is 2. The quantitative estimate of drug-likeness (QED) is 0.111. The van der Waals surface area contributed by atoms with E-state index in [9.17, 15) is 9.59 Å². The molecule has 3 aromatic rings. The fourth-order valence-electron chi connectivity index (χ4n) is 8.25. The highest BCUT2D eigenvalue weighted by atomic mass is 16.2. The third kappa shape index (κ3) is 12.0. The number of aromatic amines is 1. The summed E-state index contributed by atoms with van der Waals surface area (Å²) in [6.07, 6.45) is 13.4. The Kier molecular flexibility index (Phi) is 18.2. The maximum absolute atomic E-state index is 9.82. The molecule has 4 bridgehead atoms. The molecule has 12 nitrogen and oxygen atoms in total. The van der Waals surface area contributed by atoms with Gasteiger partial charge in [-0.1, -0.05) is 62.4 Å². The first-order chi connectivity index (χ1) is 26.8. The first-order valence-electron chi connectivity index (χ1n) is 19.8. The van der Waals surface area contributed by atoms with Gasteiger partial charge in [-0.15, -0.1) is 0 Å². The average Bonchev–Trinajstić information content (AvgIpc) is 4.08. The van der Waals surface area contributed by atoms with Crippen LogP contribution in [0.3, 0.4) is 0 Å². The Morgan fingerprint density at radius 2 is 1.45 bits per heavy atom. The second-order valence-corrected chi connectivity index (χ2v) is 16.1. The average molecular weight is 773 g/mol. The maximum Gasteiger partial charge on any atom is 0.139 e. The number of nitrogens with zero attached hydrogens (tertiary/aromatic N) is 4. The number of nitrogens with one attached hydrogen (secondary N) is 2. The minimum atomic E-state index is -0.639. The first kappa shape index (κ1) is 46.3. The topological polar surface area (TPSA) is 186 Å².